The Hall–Kier alpha value is -1.51. The fourth-order valence-corrected chi connectivity index (χ4v) is 1.56. The third-order valence-electron chi connectivity index (χ3n) is 2.34. The van der Waals surface area contributed by atoms with Gasteiger partial charge >= 0.3 is 5.97 Å². The molecule has 1 atom stereocenters. The van der Waals surface area contributed by atoms with Gasteiger partial charge in [0.2, 0.25) is 0 Å². The summed E-state index contributed by atoms with van der Waals surface area (Å²) in [7, 11) is 2.76. The van der Waals surface area contributed by atoms with Crippen LogP contribution in [0.3, 0.4) is 0 Å². The van der Waals surface area contributed by atoms with Crippen molar-refractivity contribution in [2.75, 3.05) is 27.4 Å². The third kappa shape index (κ3) is 3.49. The normalized spacial score (nSPS) is 12.4. The summed E-state index contributed by atoms with van der Waals surface area (Å²) >= 11 is 0. The lowest BCUT2D eigenvalue weighted by Crippen LogP contribution is -2.24. The number of aliphatic hydroxyl groups is 1. The number of nitrogens with two attached hydrogens (primary N) is 1. The van der Waals surface area contributed by atoms with Gasteiger partial charge < -0.3 is 20.3 Å². The minimum absolute atomic E-state index is 0.132. The average Bonchev–Trinajstić information content (AvgIpc) is 2.72. The van der Waals surface area contributed by atoms with Gasteiger partial charge in [-0.2, -0.15) is 0 Å². The SMILES string of the molecule is COCC(O)Cn1nnc(C(=O)OC)c1CCN. The molecule has 0 aliphatic carbocycles. The van der Waals surface area contributed by atoms with Gasteiger partial charge in [0.25, 0.3) is 0 Å². The molecule has 1 heterocycles. The quantitative estimate of drug-likeness (QED) is 0.577. The summed E-state index contributed by atoms with van der Waals surface area (Å²) in [6.45, 7) is 0.709. The highest BCUT2D eigenvalue weighted by molar-refractivity contribution is 5.88. The highest BCUT2D eigenvalue weighted by Crippen LogP contribution is 2.08. The number of aromatic nitrogens is 3. The molecular weight excluding hydrogens is 240 g/mol. The lowest BCUT2D eigenvalue weighted by atomic mass is 10.2. The van der Waals surface area contributed by atoms with E-state index >= 15 is 0 Å². The maximum Gasteiger partial charge on any atom is 0.360 e. The number of nitrogens with zero attached hydrogens (tertiary/aromatic N) is 3. The van der Waals surface area contributed by atoms with Gasteiger partial charge in [-0.05, 0) is 6.54 Å². The van der Waals surface area contributed by atoms with Gasteiger partial charge in [0, 0.05) is 13.5 Å². The average molecular weight is 258 g/mol. The van der Waals surface area contributed by atoms with E-state index < -0.39 is 12.1 Å². The van der Waals surface area contributed by atoms with Crippen molar-refractivity contribution in [3.8, 4) is 0 Å². The largest absolute Gasteiger partial charge is 0.464 e. The lowest BCUT2D eigenvalue weighted by Gasteiger charge is -2.11. The minimum Gasteiger partial charge on any atom is -0.464 e. The van der Waals surface area contributed by atoms with E-state index in [0.717, 1.165) is 0 Å². The molecule has 3 N–H and O–H groups in total. The van der Waals surface area contributed by atoms with E-state index in [2.05, 4.69) is 15.0 Å². The number of hydrogen-bond donors (Lipinski definition) is 2. The van der Waals surface area contributed by atoms with Crippen molar-refractivity contribution < 1.29 is 19.4 Å². The van der Waals surface area contributed by atoms with Crippen LogP contribution in [0.4, 0.5) is 0 Å². The molecule has 0 bridgehead atoms. The lowest BCUT2D eigenvalue weighted by molar-refractivity contribution is 0.0503. The number of carbonyl (C=O) groups is 1. The Morgan fingerprint density at radius 1 is 1.56 bits per heavy atom. The molecule has 18 heavy (non-hydrogen) atoms. The van der Waals surface area contributed by atoms with Crippen molar-refractivity contribution in [2.24, 2.45) is 5.73 Å². The zero-order chi connectivity index (χ0) is 13.5. The Labute approximate surface area is 105 Å². The highest BCUT2D eigenvalue weighted by atomic mass is 16.5. The Balaban J connectivity index is 2.90. The first-order chi connectivity index (χ1) is 8.63. The topological polar surface area (TPSA) is 112 Å². The van der Waals surface area contributed by atoms with Gasteiger partial charge in [0.05, 0.1) is 32.1 Å². The molecule has 0 aliphatic rings. The van der Waals surface area contributed by atoms with E-state index in [-0.39, 0.29) is 18.8 Å². The summed E-state index contributed by atoms with van der Waals surface area (Å²) in [5.41, 5.74) is 6.17. The minimum atomic E-state index is -0.723. The fourth-order valence-electron chi connectivity index (χ4n) is 1.56. The van der Waals surface area contributed by atoms with E-state index in [1.54, 1.807) is 0 Å². The molecule has 8 nitrogen and oxygen atoms in total. The van der Waals surface area contributed by atoms with Crippen LogP contribution in [0.2, 0.25) is 0 Å². The molecule has 0 saturated carbocycles. The van der Waals surface area contributed by atoms with Gasteiger partial charge in [-0.1, -0.05) is 5.21 Å². The molecule has 1 rings (SSSR count). The molecule has 102 valence electrons. The number of hydrogen-bond acceptors (Lipinski definition) is 7. The molecule has 0 fully saturated rings. The Kier molecular flexibility index (Phi) is 5.69. The van der Waals surface area contributed by atoms with Gasteiger partial charge in [-0.25, -0.2) is 9.48 Å². The second-order valence-electron chi connectivity index (χ2n) is 3.71. The summed E-state index contributed by atoms with van der Waals surface area (Å²) in [4.78, 5) is 11.5. The zero-order valence-electron chi connectivity index (χ0n) is 10.5. The second-order valence-corrected chi connectivity index (χ2v) is 3.71. The molecule has 0 spiro atoms. The number of rotatable bonds is 7. The van der Waals surface area contributed by atoms with Gasteiger partial charge in [0.1, 0.15) is 0 Å². The van der Waals surface area contributed by atoms with E-state index in [9.17, 15) is 9.90 Å². The molecule has 1 aromatic heterocycles. The van der Waals surface area contributed by atoms with Crippen molar-refractivity contribution in [3.05, 3.63) is 11.4 Å². The molecule has 8 heteroatoms. The van der Waals surface area contributed by atoms with Crippen LogP contribution in [0.1, 0.15) is 16.2 Å². The van der Waals surface area contributed by atoms with Crippen molar-refractivity contribution in [2.45, 2.75) is 19.1 Å². The third-order valence-corrected chi connectivity index (χ3v) is 2.34. The van der Waals surface area contributed by atoms with Crippen molar-refractivity contribution in [1.29, 1.82) is 0 Å². The molecule has 1 aromatic rings. The van der Waals surface area contributed by atoms with Crippen LogP contribution < -0.4 is 5.73 Å². The smallest absolute Gasteiger partial charge is 0.360 e. The first kappa shape index (κ1) is 14.6. The number of ether oxygens (including phenoxy) is 2. The first-order valence-corrected chi connectivity index (χ1v) is 5.51. The monoisotopic (exact) mass is 258 g/mol. The van der Waals surface area contributed by atoms with E-state index in [4.69, 9.17) is 10.5 Å². The molecule has 0 aromatic carbocycles. The van der Waals surface area contributed by atoms with Crippen LogP contribution in [0.5, 0.6) is 0 Å². The number of methoxy groups -OCH3 is 2. The predicted octanol–water partition coefficient (Wildman–Crippen LogP) is -1.43. The summed E-state index contributed by atoms with van der Waals surface area (Å²) < 4.78 is 10.9. The molecule has 1 unspecified atom stereocenters. The van der Waals surface area contributed by atoms with Crippen LogP contribution in [-0.4, -0.2) is 59.5 Å². The molecular formula is C10H18N4O4. The predicted molar refractivity (Wildman–Crippen MR) is 62.0 cm³/mol. The highest BCUT2D eigenvalue weighted by Gasteiger charge is 2.20. The van der Waals surface area contributed by atoms with Crippen LogP contribution >= 0.6 is 0 Å². The van der Waals surface area contributed by atoms with Crippen molar-refractivity contribution in [3.63, 3.8) is 0 Å². The number of aliphatic hydroxyl groups excluding tert-OH is 1. The van der Waals surface area contributed by atoms with E-state index in [0.29, 0.717) is 18.7 Å². The molecule has 0 radical (unpaired) electrons. The van der Waals surface area contributed by atoms with Crippen LogP contribution in [0, 0.1) is 0 Å². The number of esters is 1. The maximum absolute atomic E-state index is 11.5. The van der Waals surface area contributed by atoms with Crippen molar-refractivity contribution >= 4 is 5.97 Å². The summed E-state index contributed by atoms with van der Waals surface area (Å²) in [5.74, 6) is -0.564. The molecule has 0 amide bonds. The van der Waals surface area contributed by atoms with Crippen LogP contribution in [0.25, 0.3) is 0 Å². The van der Waals surface area contributed by atoms with Gasteiger partial charge in [-0.3, -0.25) is 0 Å². The maximum atomic E-state index is 11.5. The first-order valence-electron chi connectivity index (χ1n) is 5.51. The fraction of sp³-hybridized carbons (Fsp3) is 0.700. The van der Waals surface area contributed by atoms with E-state index in [1.807, 2.05) is 0 Å². The summed E-state index contributed by atoms with van der Waals surface area (Å²) in [6.07, 6.45) is -0.296. The molecule has 0 saturated heterocycles. The Morgan fingerprint density at radius 3 is 2.83 bits per heavy atom. The van der Waals surface area contributed by atoms with Gasteiger partial charge in [0.15, 0.2) is 5.69 Å². The Bertz CT molecular complexity index is 393. The second kappa shape index (κ2) is 7.04. The standard InChI is InChI=1S/C10H18N4O4/c1-17-6-7(15)5-14-8(3-4-11)9(12-13-14)10(16)18-2/h7,15H,3-6,11H2,1-2H3. The van der Waals surface area contributed by atoms with E-state index in [1.165, 1.54) is 18.9 Å². The zero-order valence-corrected chi connectivity index (χ0v) is 10.5. The number of carbonyl (C=O) groups excluding carboxylic acids is 1. The summed E-state index contributed by atoms with van der Waals surface area (Å²) in [5, 5.41) is 17.2. The van der Waals surface area contributed by atoms with Crippen molar-refractivity contribution in [1.82, 2.24) is 15.0 Å². The van der Waals surface area contributed by atoms with Crippen LogP contribution in [-0.2, 0) is 22.4 Å². The molecule has 0 aliphatic heterocycles. The van der Waals surface area contributed by atoms with Crippen LogP contribution in [0.15, 0.2) is 0 Å². The van der Waals surface area contributed by atoms with Gasteiger partial charge in [-0.15, -0.1) is 5.10 Å². The Morgan fingerprint density at radius 2 is 2.28 bits per heavy atom. The summed E-state index contributed by atoms with van der Waals surface area (Å²) in [6, 6.07) is 0.